The van der Waals surface area contributed by atoms with Crippen molar-refractivity contribution in [2.75, 3.05) is 6.54 Å². The Morgan fingerprint density at radius 2 is 2.35 bits per heavy atom. The molecule has 1 aliphatic carbocycles. The number of aliphatic carboxylic acids is 1. The molecule has 1 aromatic heterocycles. The van der Waals surface area contributed by atoms with E-state index in [2.05, 4.69) is 11.0 Å². The van der Waals surface area contributed by atoms with Crippen molar-refractivity contribution < 1.29 is 15.0 Å². The summed E-state index contributed by atoms with van der Waals surface area (Å²) in [4.78, 5) is 14.0. The number of hydrogen-bond donors (Lipinski definition) is 2. The summed E-state index contributed by atoms with van der Waals surface area (Å²) in [5.41, 5.74) is 0. The van der Waals surface area contributed by atoms with Crippen LogP contribution in [-0.4, -0.2) is 39.8 Å². The predicted octanol–water partition coefficient (Wildman–Crippen LogP) is 1.55. The van der Waals surface area contributed by atoms with Crippen molar-refractivity contribution in [3.8, 4) is 0 Å². The lowest BCUT2D eigenvalue weighted by molar-refractivity contribution is -0.139. The molecule has 17 heavy (non-hydrogen) atoms. The Morgan fingerprint density at radius 1 is 1.59 bits per heavy atom. The molecule has 2 rings (SSSR count). The highest BCUT2D eigenvalue weighted by Gasteiger charge is 2.30. The van der Waals surface area contributed by atoms with E-state index in [1.54, 1.807) is 11.3 Å². The summed E-state index contributed by atoms with van der Waals surface area (Å²) in [7, 11) is 0. The maximum Gasteiger partial charge on any atom is 0.306 e. The highest BCUT2D eigenvalue weighted by molar-refractivity contribution is 7.09. The second-order valence-corrected chi connectivity index (χ2v) is 5.52. The van der Waals surface area contributed by atoms with Crippen molar-refractivity contribution in [2.24, 2.45) is 0 Å². The normalized spacial score (nSPS) is 17.3. The van der Waals surface area contributed by atoms with Crippen molar-refractivity contribution in [1.29, 1.82) is 0 Å². The van der Waals surface area contributed by atoms with Gasteiger partial charge in [0.2, 0.25) is 0 Å². The SMILES string of the molecule is O=C(O)CC(O)CN(Cc1cccs1)C1CC1. The lowest BCUT2D eigenvalue weighted by atomic mass is 10.2. The fourth-order valence-corrected chi connectivity index (χ4v) is 2.65. The van der Waals surface area contributed by atoms with Gasteiger partial charge in [0, 0.05) is 24.0 Å². The van der Waals surface area contributed by atoms with Gasteiger partial charge in [-0.25, -0.2) is 0 Å². The van der Waals surface area contributed by atoms with Crippen LogP contribution in [0.2, 0.25) is 0 Å². The van der Waals surface area contributed by atoms with E-state index in [0.717, 1.165) is 19.4 Å². The van der Waals surface area contributed by atoms with E-state index in [-0.39, 0.29) is 6.42 Å². The fraction of sp³-hybridized carbons (Fsp3) is 0.583. The first-order valence-electron chi connectivity index (χ1n) is 5.81. The Hall–Kier alpha value is -0.910. The second kappa shape index (κ2) is 5.62. The molecule has 1 aliphatic rings. The van der Waals surface area contributed by atoms with Crippen molar-refractivity contribution in [2.45, 2.75) is 38.0 Å². The van der Waals surface area contributed by atoms with Gasteiger partial charge < -0.3 is 10.2 Å². The first-order chi connectivity index (χ1) is 8.15. The van der Waals surface area contributed by atoms with Gasteiger partial charge in [0.15, 0.2) is 0 Å². The van der Waals surface area contributed by atoms with Gasteiger partial charge in [-0.05, 0) is 24.3 Å². The monoisotopic (exact) mass is 255 g/mol. The number of thiophene rings is 1. The minimum absolute atomic E-state index is 0.173. The third kappa shape index (κ3) is 4.11. The van der Waals surface area contributed by atoms with Gasteiger partial charge in [-0.3, -0.25) is 9.69 Å². The fourth-order valence-electron chi connectivity index (χ4n) is 1.92. The summed E-state index contributed by atoms with van der Waals surface area (Å²) in [6.07, 6.45) is 1.37. The molecule has 2 N–H and O–H groups in total. The molecular weight excluding hydrogens is 238 g/mol. The molecule has 1 unspecified atom stereocenters. The van der Waals surface area contributed by atoms with Crippen molar-refractivity contribution in [3.05, 3.63) is 22.4 Å². The summed E-state index contributed by atoms with van der Waals surface area (Å²) in [6.45, 7) is 1.27. The summed E-state index contributed by atoms with van der Waals surface area (Å²) >= 11 is 1.70. The van der Waals surface area contributed by atoms with Crippen LogP contribution in [0, 0.1) is 0 Å². The number of hydrogen-bond acceptors (Lipinski definition) is 4. The molecule has 5 heteroatoms. The lowest BCUT2D eigenvalue weighted by Gasteiger charge is -2.23. The van der Waals surface area contributed by atoms with E-state index in [1.807, 2.05) is 11.4 Å². The molecule has 0 radical (unpaired) electrons. The van der Waals surface area contributed by atoms with Crippen LogP contribution in [0.15, 0.2) is 17.5 Å². The second-order valence-electron chi connectivity index (χ2n) is 4.49. The maximum atomic E-state index is 10.5. The molecule has 0 bridgehead atoms. The quantitative estimate of drug-likeness (QED) is 0.776. The summed E-state index contributed by atoms with van der Waals surface area (Å²) in [5.74, 6) is -0.940. The first-order valence-corrected chi connectivity index (χ1v) is 6.69. The van der Waals surface area contributed by atoms with Crippen LogP contribution >= 0.6 is 11.3 Å². The molecule has 0 spiro atoms. The number of nitrogens with zero attached hydrogens (tertiary/aromatic N) is 1. The summed E-state index contributed by atoms with van der Waals surface area (Å²) in [5, 5.41) is 20.3. The Balaban J connectivity index is 1.86. The van der Waals surface area contributed by atoms with Gasteiger partial charge in [-0.2, -0.15) is 0 Å². The lowest BCUT2D eigenvalue weighted by Crippen LogP contribution is -2.34. The molecule has 0 amide bonds. The Labute approximate surface area is 104 Å². The molecule has 1 saturated carbocycles. The number of aliphatic hydroxyl groups excluding tert-OH is 1. The van der Waals surface area contributed by atoms with Crippen LogP contribution < -0.4 is 0 Å². The average Bonchev–Trinajstić information content (AvgIpc) is 2.96. The van der Waals surface area contributed by atoms with Crippen LogP contribution in [0.4, 0.5) is 0 Å². The molecule has 1 atom stereocenters. The van der Waals surface area contributed by atoms with Crippen molar-refractivity contribution in [3.63, 3.8) is 0 Å². The van der Waals surface area contributed by atoms with Crippen LogP contribution in [0.5, 0.6) is 0 Å². The minimum Gasteiger partial charge on any atom is -0.481 e. The van der Waals surface area contributed by atoms with Gasteiger partial charge in [0.25, 0.3) is 0 Å². The van der Waals surface area contributed by atoms with E-state index < -0.39 is 12.1 Å². The Bertz CT molecular complexity index is 362. The number of aliphatic hydroxyl groups is 1. The van der Waals surface area contributed by atoms with E-state index in [1.165, 1.54) is 4.88 Å². The van der Waals surface area contributed by atoms with E-state index >= 15 is 0 Å². The van der Waals surface area contributed by atoms with E-state index in [4.69, 9.17) is 5.11 Å². The third-order valence-corrected chi connectivity index (χ3v) is 3.72. The summed E-state index contributed by atoms with van der Waals surface area (Å²) < 4.78 is 0. The number of carboxylic acid groups (broad SMARTS) is 1. The minimum atomic E-state index is -0.940. The predicted molar refractivity (Wildman–Crippen MR) is 66.0 cm³/mol. The molecule has 0 aliphatic heterocycles. The zero-order valence-corrected chi connectivity index (χ0v) is 10.4. The van der Waals surface area contributed by atoms with Gasteiger partial charge in [-0.15, -0.1) is 11.3 Å². The zero-order chi connectivity index (χ0) is 12.3. The highest BCUT2D eigenvalue weighted by Crippen LogP contribution is 2.29. The zero-order valence-electron chi connectivity index (χ0n) is 9.58. The largest absolute Gasteiger partial charge is 0.481 e. The van der Waals surface area contributed by atoms with E-state index in [0.29, 0.717) is 12.6 Å². The maximum absolute atomic E-state index is 10.5. The molecule has 94 valence electrons. The standard InChI is InChI=1S/C12H17NO3S/c14-10(6-12(15)16)7-13(9-3-4-9)8-11-2-1-5-17-11/h1-2,5,9-10,14H,3-4,6-8H2,(H,15,16). The molecule has 1 heterocycles. The van der Waals surface area contributed by atoms with Crippen LogP contribution in [-0.2, 0) is 11.3 Å². The van der Waals surface area contributed by atoms with Crippen LogP contribution in [0.25, 0.3) is 0 Å². The van der Waals surface area contributed by atoms with Crippen molar-refractivity contribution in [1.82, 2.24) is 4.90 Å². The molecule has 1 aromatic rings. The Kier molecular flexibility index (Phi) is 4.15. The Morgan fingerprint density at radius 3 is 2.88 bits per heavy atom. The highest BCUT2D eigenvalue weighted by atomic mass is 32.1. The van der Waals surface area contributed by atoms with Crippen LogP contribution in [0.3, 0.4) is 0 Å². The van der Waals surface area contributed by atoms with Crippen molar-refractivity contribution >= 4 is 17.3 Å². The topological polar surface area (TPSA) is 60.8 Å². The molecule has 1 fully saturated rings. The van der Waals surface area contributed by atoms with Gasteiger partial charge in [-0.1, -0.05) is 6.07 Å². The number of carbonyl (C=O) groups is 1. The van der Waals surface area contributed by atoms with Gasteiger partial charge in [0.05, 0.1) is 12.5 Å². The van der Waals surface area contributed by atoms with E-state index in [9.17, 15) is 9.90 Å². The smallest absolute Gasteiger partial charge is 0.306 e. The summed E-state index contributed by atoms with van der Waals surface area (Å²) in [6, 6.07) is 4.61. The average molecular weight is 255 g/mol. The molecule has 0 saturated heterocycles. The molecule has 0 aromatic carbocycles. The van der Waals surface area contributed by atoms with Gasteiger partial charge in [0.1, 0.15) is 0 Å². The molecule has 4 nitrogen and oxygen atoms in total. The van der Waals surface area contributed by atoms with Gasteiger partial charge >= 0.3 is 5.97 Å². The first kappa shape index (κ1) is 12.5. The third-order valence-electron chi connectivity index (χ3n) is 2.86. The van der Waals surface area contributed by atoms with Crippen LogP contribution in [0.1, 0.15) is 24.1 Å². The molecular formula is C12H17NO3S. The number of rotatable bonds is 7. The number of carboxylic acids is 1.